The van der Waals surface area contributed by atoms with Gasteiger partial charge in [0, 0.05) is 17.8 Å². The van der Waals surface area contributed by atoms with Crippen molar-refractivity contribution >= 4 is 27.8 Å². The molecule has 0 fully saturated rings. The normalized spacial score (nSPS) is 18.9. The summed E-state index contributed by atoms with van der Waals surface area (Å²) in [4.78, 5) is 20.8. The Morgan fingerprint density at radius 3 is 3.05 bits per heavy atom. The number of fused-ring (bicyclic) bond motifs is 5. The molecule has 0 saturated carbocycles. The number of carbonyl (C=O) groups excluding carboxylic acids is 1. The van der Waals surface area contributed by atoms with Crippen molar-refractivity contribution < 1.29 is 4.79 Å². The van der Waals surface area contributed by atoms with Gasteiger partial charge in [-0.15, -0.1) is 0 Å². The van der Waals surface area contributed by atoms with Gasteiger partial charge in [0.2, 0.25) is 5.91 Å². The molecule has 2 aromatic heterocycles. The van der Waals surface area contributed by atoms with Crippen LogP contribution in [0.4, 0.5) is 0 Å². The van der Waals surface area contributed by atoms with Crippen molar-refractivity contribution in [1.82, 2.24) is 19.9 Å². The second kappa shape index (κ2) is 4.03. The fraction of sp³-hybridized carbons (Fsp3) is 0.267. The SMILES string of the molecule is CC1CC(=O)NCc2nc3cnc4ccccc4c3n21. The molecular formula is C15H14N4O. The molecule has 0 aliphatic carbocycles. The quantitative estimate of drug-likeness (QED) is 0.678. The molecule has 0 saturated heterocycles. The van der Waals surface area contributed by atoms with Gasteiger partial charge in [0.25, 0.3) is 0 Å². The first-order valence-corrected chi connectivity index (χ1v) is 6.75. The molecule has 0 bridgehead atoms. The van der Waals surface area contributed by atoms with Crippen molar-refractivity contribution in [2.75, 3.05) is 0 Å². The number of nitrogens with zero attached hydrogens (tertiary/aromatic N) is 3. The average Bonchev–Trinajstić information content (AvgIpc) is 2.77. The minimum Gasteiger partial charge on any atom is -0.349 e. The summed E-state index contributed by atoms with van der Waals surface area (Å²) in [5.41, 5.74) is 2.93. The monoisotopic (exact) mass is 266 g/mol. The predicted molar refractivity (Wildman–Crippen MR) is 76.2 cm³/mol. The number of hydrogen-bond donors (Lipinski definition) is 1. The smallest absolute Gasteiger partial charge is 0.222 e. The number of benzene rings is 1. The van der Waals surface area contributed by atoms with Gasteiger partial charge in [-0.2, -0.15) is 0 Å². The first kappa shape index (κ1) is 11.4. The van der Waals surface area contributed by atoms with Gasteiger partial charge in [0.1, 0.15) is 11.3 Å². The number of hydrogen-bond acceptors (Lipinski definition) is 3. The van der Waals surface area contributed by atoms with Crippen molar-refractivity contribution in [3.05, 3.63) is 36.3 Å². The first-order chi connectivity index (χ1) is 9.74. The Labute approximate surface area is 115 Å². The number of carbonyl (C=O) groups is 1. The third-order valence-electron chi connectivity index (χ3n) is 3.86. The second-order valence-corrected chi connectivity index (χ2v) is 5.24. The highest BCUT2D eigenvalue weighted by molar-refractivity contribution is 6.02. The molecule has 1 atom stereocenters. The number of rotatable bonds is 0. The van der Waals surface area contributed by atoms with E-state index < -0.39 is 0 Å². The standard InChI is InChI=1S/C15H14N4O/c1-9-6-14(20)17-8-13-18-12-7-16-11-5-3-2-4-10(11)15(12)19(9)13/h2-5,7,9H,6,8H2,1H3,(H,17,20). The summed E-state index contributed by atoms with van der Waals surface area (Å²) in [6.07, 6.45) is 2.29. The Morgan fingerprint density at radius 1 is 1.30 bits per heavy atom. The lowest BCUT2D eigenvalue weighted by Gasteiger charge is -2.13. The molecule has 5 heteroatoms. The van der Waals surface area contributed by atoms with Gasteiger partial charge in [0.05, 0.1) is 23.8 Å². The van der Waals surface area contributed by atoms with E-state index in [9.17, 15) is 4.79 Å². The first-order valence-electron chi connectivity index (χ1n) is 6.75. The Hall–Kier alpha value is -2.43. The Kier molecular flexibility index (Phi) is 2.30. The molecule has 1 aliphatic rings. The van der Waals surface area contributed by atoms with Crippen LogP contribution in [0.2, 0.25) is 0 Å². The average molecular weight is 266 g/mol. The lowest BCUT2D eigenvalue weighted by Crippen LogP contribution is -2.20. The third kappa shape index (κ3) is 1.52. The lowest BCUT2D eigenvalue weighted by molar-refractivity contribution is -0.121. The minimum absolute atomic E-state index is 0.0783. The van der Waals surface area contributed by atoms with Crippen LogP contribution in [0.3, 0.4) is 0 Å². The highest BCUT2D eigenvalue weighted by atomic mass is 16.1. The number of amides is 1. The van der Waals surface area contributed by atoms with Crippen LogP contribution in [0.25, 0.3) is 21.9 Å². The molecular weight excluding hydrogens is 252 g/mol. The highest BCUT2D eigenvalue weighted by Gasteiger charge is 2.23. The fourth-order valence-corrected chi connectivity index (χ4v) is 2.98. The van der Waals surface area contributed by atoms with E-state index >= 15 is 0 Å². The van der Waals surface area contributed by atoms with E-state index in [1.165, 1.54) is 0 Å². The van der Waals surface area contributed by atoms with Crippen molar-refractivity contribution in [1.29, 1.82) is 0 Å². The third-order valence-corrected chi connectivity index (χ3v) is 3.86. The number of aromatic nitrogens is 3. The molecule has 20 heavy (non-hydrogen) atoms. The van der Waals surface area contributed by atoms with Gasteiger partial charge in [-0.1, -0.05) is 18.2 Å². The van der Waals surface area contributed by atoms with E-state index in [1.54, 1.807) is 0 Å². The number of nitrogens with one attached hydrogen (secondary N) is 1. The van der Waals surface area contributed by atoms with Crippen molar-refractivity contribution in [2.24, 2.45) is 0 Å². The summed E-state index contributed by atoms with van der Waals surface area (Å²) in [6, 6.07) is 8.15. The zero-order chi connectivity index (χ0) is 13.7. The molecule has 0 radical (unpaired) electrons. The number of pyridine rings is 1. The zero-order valence-electron chi connectivity index (χ0n) is 11.1. The zero-order valence-corrected chi connectivity index (χ0v) is 11.1. The maximum Gasteiger partial charge on any atom is 0.222 e. The molecule has 100 valence electrons. The summed E-state index contributed by atoms with van der Waals surface area (Å²) < 4.78 is 2.18. The van der Waals surface area contributed by atoms with E-state index in [0.29, 0.717) is 13.0 Å². The predicted octanol–water partition coefficient (Wildman–Crippen LogP) is 2.17. The van der Waals surface area contributed by atoms with Gasteiger partial charge < -0.3 is 9.88 Å². The molecule has 1 unspecified atom stereocenters. The van der Waals surface area contributed by atoms with Crippen LogP contribution >= 0.6 is 0 Å². The van der Waals surface area contributed by atoms with Gasteiger partial charge in [-0.3, -0.25) is 9.78 Å². The summed E-state index contributed by atoms with van der Waals surface area (Å²) in [5, 5.41) is 3.99. The maximum atomic E-state index is 11.7. The molecule has 3 heterocycles. The summed E-state index contributed by atoms with van der Waals surface area (Å²) in [7, 11) is 0. The highest BCUT2D eigenvalue weighted by Crippen LogP contribution is 2.29. The van der Waals surface area contributed by atoms with Crippen LogP contribution in [0.5, 0.6) is 0 Å². The Morgan fingerprint density at radius 2 is 2.15 bits per heavy atom. The van der Waals surface area contributed by atoms with Crippen LogP contribution in [0.15, 0.2) is 30.5 Å². The second-order valence-electron chi connectivity index (χ2n) is 5.24. The Bertz CT molecular complexity index is 836. The van der Waals surface area contributed by atoms with Crippen LogP contribution in [0.1, 0.15) is 25.2 Å². The Balaban J connectivity index is 2.11. The van der Waals surface area contributed by atoms with E-state index in [1.807, 2.05) is 24.4 Å². The summed E-state index contributed by atoms with van der Waals surface area (Å²) in [5.74, 6) is 0.978. The molecule has 1 aliphatic heterocycles. The topological polar surface area (TPSA) is 59.8 Å². The summed E-state index contributed by atoms with van der Waals surface area (Å²) in [6.45, 7) is 2.54. The van der Waals surface area contributed by atoms with Crippen LogP contribution in [0, 0.1) is 0 Å². The molecule has 0 spiro atoms. The maximum absolute atomic E-state index is 11.7. The molecule has 5 nitrogen and oxygen atoms in total. The van der Waals surface area contributed by atoms with E-state index in [2.05, 4.69) is 32.8 Å². The van der Waals surface area contributed by atoms with Crippen molar-refractivity contribution in [2.45, 2.75) is 25.9 Å². The van der Waals surface area contributed by atoms with Gasteiger partial charge >= 0.3 is 0 Å². The number of imidazole rings is 1. The van der Waals surface area contributed by atoms with Gasteiger partial charge in [-0.25, -0.2) is 4.98 Å². The molecule has 1 N–H and O–H groups in total. The number of para-hydroxylation sites is 1. The lowest BCUT2D eigenvalue weighted by atomic mass is 10.1. The molecule has 1 amide bonds. The van der Waals surface area contributed by atoms with Gasteiger partial charge in [-0.05, 0) is 13.0 Å². The van der Waals surface area contributed by atoms with Crippen molar-refractivity contribution in [3.63, 3.8) is 0 Å². The largest absolute Gasteiger partial charge is 0.349 e. The molecule has 4 rings (SSSR count). The van der Waals surface area contributed by atoms with E-state index in [-0.39, 0.29) is 11.9 Å². The van der Waals surface area contributed by atoms with Gasteiger partial charge in [0.15, 0.2) is 0 Å². The minimum atomic E-state index is 0.0783. The van der Waals surface area contributed by atoms with Crippen LogP contribution < -0.4 is 5.32 Å². The van der Waals surface area contributed by atoms with Crippen LogP contribution in [-0.2, 0) is 11.3 Å². The van der Waals surface area contributed by atoms with E-state index in [0.717, 1.165) is 27.8 Å². The van der Waals surface area contributed by atoms with Crippen molar-refractivity contribution in [3.8, 4) is 0 Å². The molecule has 1 aromatic carbocycles. The summed E-state index contributed by atoms with van der Waals surface area (Å²) >= 11 is 0. The van der Waals surface area contributed by atoms with E-state index in [4.69, 9.17) is 0 Å². The molecule has 3 aromatic rings. The van der Waals surface area contributed by atoms with Crippen LogP contribution in [-0.4, -0.2) is 20.4 Å². The fourth-order valence-electron chi connectivity index (χ4n) is 2.98.